The van der Waals surface area contributed by atoms with Crippen LogP contribution in [0.1, 0.15) is 10.4 Å². The lowest BCUT2D eigenvalue weighted by Gasteiger charge is -2.10. The van der Waals surface area contributed by atoms with Crippen molar-refractivity contribution >= 4 is 34.6 Å². The van der Waals surface area contributed by atoms with E-state index in [2.05, 4.69) is 15.4 Å². The van der Waals surface area contributed by atoms with E-state index in [1.807, 2.05) is 0 Å². The molecule has 2 aromatic rings. The average Bonchev–Trinajstić information content (AvgIpc) is 2.47. The maximum absolute atomic E-state index is 12.2. The van der Waals surface area contributed by atoms with Crippen molar-refractivity contribution in [1.29, 1.82) is 0 Å². The number of hydrogen-bond donors (Lipinski definition) is 3. The summed E-state index contributed by atoms with van der Waals surface area (Å²) in [5.41, 5.74) is 6.55. The van der Waals surface area contributed by atoms with Crippen LogP contribution in [0.3, 0.4) is 0 Å². The van der Waals surface area contributed by atoms with Crippen LogP contribution >= 0.6 is 12.2 Å². The fraction of sp³-hybridized carbons (Fsp3) is 0.0667. The van der Waals surface area contributed by atoms with Gasteiger partial charge >= 0.3 is 6.36 Å². The molecule has 126 valence electrons. The number of hydrogen-bond acceptors (Lipinski definition) is 3. The van der Waals surface area contributed by atoms with Gasteiger partial charge in [0.1, 0.15) is 5.75 Å². The predicted octanol–water partition coefficient (Wildman–Crippen LogP) is 3.49. The Hall–Kier alpha value is -2.81. The van der Waals surface area contributed by atoms with Gasteiger partial charge in [-0.2, -0.15) is 0 Å². The van der Waals surface area contributed by atoms with Crippen LogP contribution in [0.2, 0.25) is 0 Å². The number of thiocarbonyl (C=S) groups is 1. The Bertz CT molecular complexity index is 748. The topological polar surface area (TPSA) is 76.4 Å². The van der Waals surface area contributed by atoms with E-state index in [4.69, 9.17) is 18.0 Å². The minimum Gasteiger partial charge on any atom is -0.406 e. The number of nitrogens with one attached hydrogen (secondary N) is 2. The van der Waals surface area contributed by atoms with E-state index in [0.29, 0.717) is 16.9 Å². The molecule has 2 aromatic carbocycles. The molecule has 0 atom stereocenters. The van der Waals surface area contributed by atoms with Gasteiger partial charge in [0.2, 0.25) is 0 Å². The summed E-state index contributed by atoms with van der Waals surface area (Å²) in [4.78, 5) is 12.2. The van der Waals surface area contributed by atoms with E-state index in [1.165, 1.54) is 18.2 Å². The second kappa shape index (κ2) is 7.18. The van der Waals surface area contributed by atoms with E-state index in [1.54, 1.807) is 18.2 Å². The number of nitrogens with two attached hydrogens (primary N) is 1. The normalized spacial score (nSPS) is 10.8. The summed E-state index contributed by atoms with van der Waals surface area (Å²) in [6.07, 6.45) is -4.76. The summed E-state index contributed by atoms with van der Waals surface area (Å²) in [6, 6.07) is 11.2. The Labute approximate surface area is 140 Å². The number of halogens is 3. The minimum atomic E-state index is -4.76. The highest BCUT2D eigenvalue weighted by molar-refractivity contribution is 7.80. The molecule has 0 aliphatic carbocycles. The van der Waals surface area contributed by atoms with Crippen molar-refractivity contribution in [2.45, 2.75) is 6.36 Å². The molecule has 24 heavy (non-hydrogen) atoms. The summed E-state index contributed by atoms with van der Waals surface area (Å²) in [7, 11) is 0. The third-order valence-electron chi connectivity index (χ3n) is 2.74. The van der Waals surface area contributed by atoms with E-state index in [-0.39, 0.29) is 10.9 Å². The van der Waals surface area contributed by atoms with E-state index < -0.39 is 12.3 Å². The molecule has 0 saturated heterocycles. The van der Waals surface area contributed by atoms with Crippen LogP contribution in [0.5, 0.6) is 5.75 Å². The molecule has 0 radical (unpaired) electrons. The van der Waals surface area contributed by atoms with Crippen LogP contribution < -0.4 is 21.1 Å². The summed E-state index contributed by atoms with van der Waals surface area (Å²) in [5.74, 6) is -0.811. The first-order chi connectivity index (χ1) is 11.2. The monoisotopic (exact) mass is 355 g/mol. The van der Waals surface area contributed by atoms with Crippen LogP contribution in [0, 0.1) is 0 Å². The second-order valence-corrected chi connectivity index (χ2v) is 5.04. The second-order valence-electron chi connectivity index (χ2n) is 4.60. The van der Waals surface area contributed by atoms with Gasteiger partial charge in [-0.05, 0) is 54.7 Å². The first kappa shape index (κ1) is 17.5. The third-order valence-corrected chi connectivity index (χ3v) is 2.84. The van der Waals surface area contributed by atoms with Crippen LogP contribution in [-0.2, 0) is 0 Å². The highest BCUT2D eigenvalue weighted by atomic mass is 32.1. The lowest BCUT2D eigenvalue weighted by molar-refractivity contribution is -0.274. The molecule has 0 fully saturated rings. The number of alkyl halides is 3. The average molecular weight is 355 g/mol. The first-order valence-electron chi connectivity index (χ1n) is 6.56. The minimum absolute atomic E-state index is 0.0628. The molecule has 0 aromatic heterocycles. The Morgan fingerprint density at radius 1 is 1.04 bits per heavy atom. The zero-order valence-electron chi connectivity index (χ0n) is 12.1. The molecule has 2 rings (SSSR count). The molecule has 9 heteroatoms. The predicted molar refractivity (Wildman–Crippen MR) is 87.9 cm³/mol. The third kappa shape index (κ3) is 5.43. The van der Waals surface area contributed by atoms with E-state index in [0.717, 1.165) is 12.1 Å². The number of benzene rings is 2. The van der Waals surface area contributed by atoms with Crippen molar-refractivity contribution in [3.63, 3.8) is 0 Å². The van der Waals surface area contributed by atoms with E-state index in [9.17, 15) is 18.0 Å². The van der Waals surface area contributed by atoms with Crippen LogP contribution in [-0.4, -0.2) is 17.4 Å². The lowest BCUT2D eigenvalue weighted by atomic mass is 10.2. The summed E-state index contributed by atoms with van der Waals surface area (Å²) in [5, 5.41) is 5.32. The SMILES string of the molecule is NC(=S)Nc1cccc(C(=O)Nc2ccc(OC(F)(F)F)cc2)c1. The maximum atomic E-state index is 12.2. The molecule has 0 aliphatic rings. The Morgan fingerprint density at radius 3 is 2.29 bits per heavy atom. The number of carbonyl (C=O) groups is 1. The van der Waals surface area contributed by atoms with Gasteiger partial charge < -0.3 is 21.1 Å². The van der Waals surface area contributed by atoms with Gasteiger partial charge in [0, 0.05) is 16.9 Å². The highest BCUT2D eigenvalue weighted by Crippen LogP contribution is 2.24. The number of anilines is 2. The van der Waals surface area contributed by atoms with Crippen molar-refractivity contribution in [2.24, 2.45) is 5.73 Å². The fourth-order valence-corrected chi connectivity index (χ4v) is 1.94. The number of carbonyl (C=O) groups excluding carboxylic acids is 1. The largest absolute Gasteiger partial charge is 0.573 e. The fourth-order valence-electron chi connectivity index (χ4n) is 1.82. The number of amides is 1. The number of ether oxygens (including phenoxy) is 1. The van der Waals surface area contributed by atoms with Gasteiger partial charge in [-0.25, -0.2) is 0 Å². The summed E-state index contributed by atoms with van der Waals surface area (Å²) < 4.78 is 40.0. The van der Waals surface area contributed by atoms with Gasteiger partial charge in [-0.3, -0.25) is 4.79 Å². The molecule has 0 heterocycles. The molecule has 0 spiro atoms. The Balaban J connectivity index is 2.05. The van der Waals surface area contributed by atoms with E-state index >= 15 is 0 Å². The Kier molecular flexibility index (Phi) is 5.24. The molecule has 5 nitrogen and oxygen atoms in total. The van der Waals surface area contributed by atoms with Crippen LogP contribution in [0.25, 0.3) is 0 Å². The standard InChI is InChI=1S/C15H12F3N3O2S/c16-15(17,18)23-12-6-4-10(5-7-12)20-13(22)9-2-1-3-11(8-9)21-14(19)24/h1-8H,(H,20,22)(H3,19,21,24). The van der Waals surface area contributed by atoms with Gasteiger partial charge in [0.15, 0.2) is 5.11 Å². The van der Waals surface area contributed by atoms with Crippen LogP contribution in [0.4, 0.5) is 24.5 Å². The summed E-state index contributed by atoms with van der Waals surface area (Å²) >= 11 is 4.72. The number of rotatable bonds is 4. The summed E-state index contributed by atoms with van der Waals surface area (Å²) in [6.45, 7) is 0. The molecule has 0 unspecified atom stereocenters. The molecule has 4 N–H and O–H groups in total. The zero-order valence-corrected chi connectivity index (χ0v) is 12.9. The smallest absolute Gasteiger partial charge is 0.406 e. The van der Waals surface area contributed by atoms with Crippen molar-refractivity contribution in [2.75, 3.05) is 10.6 Å². The van der Waals surface area contributed by atoms with Gasteiger partial charge in [-0.15, -0.1) is 13.2 Å². The first-order valence-corrected chi connectivity index (χ1v) is 6.97. The molecule has 0 bridgehead atoms. The van der Waals surface area contributed by atoms with Gasteiger partial charge in [-0.1, -0.05) is 6.07 Å². The van der Waals surface area contributed by atoms with Crippen molar-refractivity contribution in [1.82, 2.24) is 0 Å². The quantitative estimate of drug-likeness (QED) is 0.732. The lowest BCUT2D eigenvalue weighted by Crippen LogP contribution is -2.19. The van der Waals surface area contributed by atoms with Crippen molar-refractivity contribution in [3.8, 4) is 5.75 Å². The molecule has 0 saturated carbocycles. The molecular weight excluding hydrogens is 343 g/mol. The Morgan fingerprint density at radius 2 is 1.71 bits per heavy atom. The highest BCUT2D eigenvalue weighted by Gasteiger charge is 2.30. The van der Waals surface area contributed by atoms with Gasteiger partial charge in [0.05, 0.1) is 0 Å². The maximum Gasteiger partial charge on any atom is 0.573 e. The van der Waals surface area contributed by atoms with Crippen molar-refractivity contribution < 1.29 is 22.7 Å². The molecular formula is C15H12F3N3O2S. The zero-order chi connectivity index (χ0) is 17.7. The molecule has 0 aliphatic heterocycles. The molecule has 1 amide bonds. The van der Waals surface area contributed by atoms with Crippen LogP contribution in [0.15, 0.2) is 48.5 Å². The van der Waals surface area contributed by atoms with Gasteiger partial charge in [0.25, 0.3) is 5.91 Å². The van der Waals surface area contributed by atoms with Crippen molar-refractivity contribution in [3.05, 3.63) is 54.1 Å².